The van der Waals surface area contributed by atoms with E-state index in [2.05, 4.69) is 10.3 Å². The average molecular weight is 259 g/mol. The Morgan fingerprint density at radius 2 is 2.39 bits per heavy atom. The second-order valence-electron chi connectivity index (χ2n) is 3.46. The molecule has 0 aliphatic rings. The maximum Gasteiger partial charge on any atom is 0.331 e. The van der Waals surface area contributed by atoms with Crippen molar-refractivity contribution in [1.82, 2.24) is 4.98 Å². The second kappa shape index (κ2) is 5.29. The molecule has 0 radical (unpaired) electrons. The summed E-state index contributed by atoms with van der Waals surface area (Å²) in [6.07, 6.45) is 2.94. The van der Waals surface area contributed by atoms with Crippen molar-refractivity contribution >= 4 is 23.0 Å². The molecule has 5 nitrogen and oxygen atoms in total. The molecule has 2 N–H and O–H groups in total. The Bertz CT molecular complexity index is 590. The summed E-state index contributed by atoms with van der Waals surface area (Å²) in [5, 5.41) is 22.8. The Hall–Kier alpha value is -2.39. The Morgan fingerprint density at radius 1 is 1.56 bits per heavy atom. The van der Waals surface area contributed by atoms with Crippen LogP contribution in [0.4, 0.5) is 5.69 Å². The number of thiophene rings is 1. The van der Waals surface area contributed by atoms with Gasteiger partial charge in [-0.3, -0.25) is 4.98 Å². The van der Waals surface area contributed by atoms with E-state index < -0.39 is 12.0 Å². The molecule has 1 unspecified atom stereocenters. The number of carbonyl (C=O) groups is 1. The van der Waals surface area contributed by atoms with Crippen LogP contribution >= 0.6 is 11.3 Å². The number of carboxylic acids is 1. The molecule has 6 heteroatoms. The fraction of sp³-hybridized carbons (Fsp3) is 0.0833. The lowest BCUT2D eigenvalue weighted by Crippen LogP contribution is -2.20. The van der Waals surface area contributed by atoms with Gasteiger partial charge in [0, 0.05) is 11.1 Å². The SMILES string of the molecule is N#Cc1ccncc1NC(C(=O)O)c1cccs1. The van der Waals surface area contributed by atoms with Gasteiger partial charge < -0.3 is 10.4 Å². The predicted octanol–water partition coefficient (Wildman–Crippen LogP) is 2.25. The van der Waals surface area contributed by atoms with E-state index in [0.717, 1.165) is 0 Å². The van der Waals surface area contributed by atoms with Crippen LogP contribution in [0, 0.1) is 11.3 Å². The van der Waals surface area contributed by atoms with Gasteiger partial charge in [-0.1, -0.05) is 6.07 Å². The zero-order valence-corrected chi connectivity index (χ0v) is 10.0. The Kier molecular flexibility index (Phi) is 3.55. The minimum absolute atomic E-state index is 0.368. The van der Waals surface area contributed by atoms with E-state index in [9.17, 15) is 9.90 Å². The zero-order chi connectivity index (χ0) is 13.0. The summed E-state index contributed by atoms with van der Waals surface area (Å²) in [4.78, 5) is 15.8. The van der Waals surface area contributed by atoms with Crippen LogP contribution in [0.15, 0.2) is 36.0 Å². The normalized spacial score (nSPS) is 11.5. The van der Waals surface area contributed by atoms with Crippen LogP contribution in [0.5, 0.6) is 0 Å². The first-order chi connectivity index (χ1) is 8.72. The summed E-state index contributed by atoms with van der Waals surface area (Å²) < 4.78 is 0. The van der Waals surface area contributed by atoms with E-state index in [1.807, 2.05) is 6.07 Å². The summed E-state index contributed by atoms with van der Waals surface area (Å²) in [5.41, 5.74) is 0.786. The third kappa shape index (κ3) is 2.47. The molecule has 2 heterocycles. The Labute approximate surface area is 107 Å². The van der Waals surface area contributed by atoms with E-state index >= 15 is 0 Å². The number of aliphatic carboxylic acids is 1. The van der Waals surface area contributed by atoms with Crippen molar-refractivity contribution in [1.29, 1.82) is 5.26 Å². The summed E-state index contributed by atoms with van der Waals surface area (Å²) in [6.45, 7) is 0. The van der Waals surface area contributed by atoms with Gasteiger partial charge in [-0.15, -0.1) is 11.3 Å². The van der Waals surface area contributed by atoms with E-state index in [1.165, 1.54) is 29.8 Å². The molecule has 2 aromatic heterocycles. The molecule has 1 atom stereocenters. The maximum absolute atomic E-state index is 11.2. The molecule has 0 spiro atoms. The molecule has 0 fully saturated rings. The topological polar surface area (TPSA) is 86.0 Å². The highest BCUT2D eigenvalue weighted by Gasteiger charge is 2.21. The molecule has 2 rings (SSSR count). The van der Waals surface area contributed by atoms with Crippen LogP contribution in [-0.2, 0) is 4.79 Å². The fourth-order valence-corrected chi connectivity index (χ4v) is 2.24. The van der Waals surface area contributed by atoms with Gasteiger partial charge in [0.2, 0.25) is 0 Å². The quantitative estimate of drug-likeness (QED) is 0.879. The summed E-state index contributed by atoms with van der Waals surface area (Å²) in [7, 11) is 0. The highest BCUT2D eigenvalue weighted by Crippen LogP contribution is 2.25. The average Bonchev–Trinajstić information content (AvgIpc) is 2.89. The largest absolute Gasteiger partial charge is 0.479 e. The molecule has 2 aromatic rings. The van der Waals surface area contributed by atoms with Crippen LogP contribution in [0.1, 0.15) is 16.5 Å². The van der Waals surface area contributed by atoms with Gasteiger partial charge >= 0.3 is 5.97 Å². The monoisotopic (exact) mass is 259 g/mol. The van der Waals surface area contributed by atoms with Gasteiger partial charge in [0.25, 0.3) is 0 Å². The number of rotatable bonds is 4. The molecule has 0 saturated heterocycles. The first-order valence-corrected chi connectivity index (χ1v) is 5.97. The summed E-state index contributed by atoms with van der Waals surface area (Å²) in [5.74, 6) is -0.995. The van der Waals surface area contributed by atoms with E-state index in [-0.39, 0.29) is 0 Å². The number of aromatic nitrogens is 1. The second-order valence-corrected chi connectivity index (χ2v) is 4.44. The van der Waals surface area contributed by atoms with Gasteiger partial charge in [0.1, 0.15) is 6.07 Å². The lowest BCUT2D eigenvalue weighted by atomic mass is 10.2. The lowest BCUT2D eigenvalue weighted by molar-refractivity contribution is -0.138. The molecule has 0 saturated carbocycles. The third-order valence-electron chi connectivity index (χ3n) is 2.32. The number of anilines is 1. The van der Waals surface area contributed by atoms with Crippen LogP contribution in [0.3, 0.4) is 0 Å². The molecule has 0 aliphatic carbocycles. The molecule has 0 amide bonds. The zero-order valence-electron chi connectivity index (χ0n) is 9.20. The maximum atomic E-state index is 11.2. The summed E-state index contributed by atoms with van der Waals surface area (Å²) in [6, 6.07) is 6.18. The van der Waals surface area contributed by atoms with Crippen molar-refractivity contribution in [3.05, 3.63) is 46.4 Å². The van der Waals surface area contributed by atoms with Crippen molar-refractivity contribution in [2.75, 3.05) is 5.32 Å². The van der Waals surface area contributed by atoms with Crippen LogP contribution in [-0.4, -0.2) is 16.1 Å². The predicted molar refractivity (Wildman–Crippen MR) is 67.3 cm³/mol. The highest BCUT2D eigenvalue weighted by molar-refractivity contribution is 7.10. The van der Waals surface area contributed by atoms with Crippen molar-refractivity contribution in [3.8, 4) is 6.07 Å². The number of hydrogen-bond acceptors (Lipinski definition) is 5. The molecule has 18 heavy (non-hydrogen) atoms. The van der Waals surface area contributed by atoms with Crippen molar-refractivity contribution < 1.29 is 9.90 Å². The smallest absolute Gasteiger partial charge is 0.331 e. The molecule has 0 bridgehead atoms. The fourth-order valence-electron chi connectivity index (χ4n) is 1.47. The van der Waals surface area contributed by atoms with E-state index in [0.29, 0.717) is 16.1 Å². The first-order valence-electron chi connectivity index (χ1n) is 5.09. The van der Waals surface area contributed by atoms with Gasteiger partial charge in [-0.2, -0.15) is 5.26 Å². The lowest BCUT2D eigenvalue weighted by Gasteiger charge is -2.14. The molecule has 0 aliphatic heterocycles. The standard InChI is InChI=1S/C12H9N3O2S/c13-6-8-3-4-14-7-9(8)15-11(12(16)17)10-2-1-5-18-10/h1-5,7,11,15H,(H,16,17). The van der Waals surface area contributed by atoms with Crippen LogP contribution in [0.25, 0.3) is 0 Å². The van der Waals surface area contributed by atoms with Crippen molar-refractivity contribution in [2.45, 2.75) is 6.04 Å². The van der Waals surface area contributed by atoms with Crippen molar-refractivity contribution in [2.24, 2.45) is 0 Å². The van der Waals surface area contributed by atoms with Gasteiger partial charge in [-0.25, -0.2) is 4.79 Å². The summed E-state index contributed by atoms with van der Waals surface area (Å²) >= 11 is 1.35. The molecular weight excluding hydrogens is 250 g/mol. The van der Waals surface area contributed by atoms with Gasteiger partial charge in [0.05, 0.1) is 17.4 Å². The minimum Gasteiger partial charge on any atom is -0.479 e. The molecule has 0 aromatic carbocycles. The first kappa shape index (κ1) is 12.1. The van der Waals surface area contributed by atoms with E-state index in [4.69, 9.17) is 5.26 Å². The highest BCUT2D eigenvalue weighted by atomic mass is 32.1. The molecule has 90 valence electrons. The Balaban J connectivity index is 2.31. The van der Waals surface area contributed by atoms with Crippen LogP contribution < -0.4 is 5.32 Å². The van der Waals surface area contributed by atoms with Gasteiger partial charge in [0.15, 0.2) is 6.04 Å². The minimum atomic E-state index is -0.995. The van der Waals surface area contributed by atoms with Crippen molar-refractivity contribution in [3.63, 3.8) is 0 Å². The Morgan fingerprint density at radius 3 is 3.00 bits per heavy atom. The van der Waals surface area contributed by atoms with Crippen LogP contribution in [0.2, 0.25) is 0 Å². The number of pyridine rings is 1. The molecular formula is C12H9N3O2S. The number of nitriles is 1. The number of carboxylic acid groups (broad SMARTS) is 1. The number of nitrogens with one attached hydrogen (secondary N) is 1. The number of nitrogens with zero attached hydrogens (tertiary/aromatic N) is 2. The van der Waals surface area contributed by atoms with Gasteiger partial charge in [-0.05, 0) is 17.5 Å². The van der Waals surface area contributed by atoms with E-state index in [1.54, 1.807) is 17.5 Å². The third-order valence-corrected chi connectivity index (χ3v) is 3.25. The number of hydrogen-bond donors (Lipinski definition) is 2.